The second-order valence-electron chi connectivity index (χ2n) is 5.90. The van der Waals surface area contributed by atoms with Crippen molar-refractivity contribution in [2.24, 2.45) is 11.3 Å². The van der Waals surface area contributed by atoms with Crippen LogP contribution in [0.3, 0.4) is 0 Å². The van der Waals surface area contributed by atoms with E-state index in [9.17, 15) is 18.3 Å². The SMILES string of the molecule is CC1CC(C)(C)CC1(O)c1cnc(C(F)(F)F)s1. The third-order valence-electron chi connectivity index (χ3n) is 3.60. The van der Waals surface area contributed by atoms with Gasteiger partial charge in [0.2, 0.25) is 0 Å². The molecule has 6 heteroatoms. The summed E-state index contributed by atoms with van der Waals surface area (Å²) in [5.74, 6) is -0.0611. The fourth-order valence-corrected chi connectivity index (χ4v) is 3.89. The van der Waals surface area contributed by atoms with Crippen molar-refractivity contribution in [2.45, 2.75) is 45.4 Å². The Kier molecular flexibility index (Phi) is 3.02. The van der Waals surface area contributed by atoms with Gasteiger partial charge in [-0.05, 0) is 24.2 Å². The summed E-state index contributed by atoms with van der Waals surface area (Å²) in [5, 5.41) is 9.76. The van der Waals surface area contributed by atoms with Crippen molar-refractivity contribution in [3.8, 4) is 0 Å². The molecule has 2 rings (SSSR count). The fraction of sp³-hybridized carbons (Fsp3) is 0.750. The van der Waals surface area contributed by atoms with Crippen LogP contribution in [0.2, 0.25) is 0 Å². The van der Waals surface area contributed by atoms with E-state index in [0.29, 0.717) is 22.6 Å². The Labute approximate surface area is 108 Å². The highest BCUT2D eigenvalue weighted by atomic mass is 32.1. The van der Waals surface area contributed by atoms with E-state index in [2.05, 4.69) is 4.98 Å². The number of halogens is 3. The maximum atomic E-state index is 12.5. The van der Waals surface area contributed by atoms with E-state index >= 15 is 0 Å². The maximum Gasteiger partial charge on any atom is 0.443 e. The van der Waals surface area contributed by atoms with Crippen molar-refractivity contribution in [1.82, 2.24) is 4.98 Å². The first kappa shape index (κ1) is 13.8. The molecule has 0 radical (unpaired) electrons. The summed E-state index contributed by atoms with van der Waals surface area (Å²) < 4.78 is 37.6. The summed E-state index contributed by atoms with van der Waals surface area (Å²) in [5.41, 5.74) is -1.23. The van der Waals surface area contributed by atoms with E-state index in [-0.39, 0.29) is 11.3 Å². The van der Waals surface area contributed by atoms with Gasteiger partial charge >= 0.3 is 6.18 Å². The van der Waals surface area contributed by atoms with Crippen molar-refractivity contribution in [3.63, 3.8) is 0 Å². The molecule has 2 unspecified atom stereocenters. The average Bonchev–Trinajstić information content (AvgIpc) is 2.69. The molecular weight excluding hydrogens is 263 g/mol. The lowest BCUT2D eigenvalue weighted by Crippen LogP contribution is -2.27. The van der Waals surface area contributed by atoms with Crippen LogP contribution in [0.5, 0.6) is 0 Å². The van der Waals surface area contributed by atoms with Crippen molar-refractivity contribution in [3.05, 3.63) is 16.1 Å². The highest BCUT2D eigenvalue weighted by Crippen LogP contribution is 2.54. The predicted octanol–water partition coefficient (Wildman–Crippen LogP) is 3.81. The third-order valence-corrected chi connectivity index (χ3v) is 4.81. The van der Waals surface area contributed by atoms with Crippen LogP contribution in [-0.2, 0) is 11.8 Å². The first-order valence-electron chi connectivity index (χ1n) is 5.80. The zero-order chi connectivity index (χ0) is 13.8. The summed E-state index contributed by atoms with van der Waals surface area (Å²) in [7, 11) is 0. The van der Waals surface area contributed by atoms with Gasteiger partial charge in [0.25, 0.3) is 0 Å². The zero-order valence-corrected chi connectivity index (χ0v) is 11.3. The molecular formula is C12H16F3NOS. The molecule has 2 nitrogen and oxygen atoms in total. The Morgan fingerprint density at radius 1 is 1.44 bits per heavy atom. The molecule has 0 bridgehead atoms. The van der Waals surface area contributed by atoms with Gasteiger partial charge in [0, 0.05) is 6.20 Å². The van der Waals surface area contributed by atoms with Crippen molar-refractivity contribution >= 4 is 11.3 Å². The molecule has 1 aliphatic rings. The minimum absolute atomic E-state index is 0.0590. The molecule has 0 aliphatic heterocycles. The smallest absolute Gasteiger partial charge is 0.384 e. The lowest BCUT2D eigenvalue weighted by molar-refractivity contribution is -0.137. The number of nitrogens with zero attached hydrogens (tertiary/aromatic N) is 1. The molecule has 1 N–H and O–H groups in total. The van der Waals surface area contributed by atoms with Crippen molar-refractivity contribution < 1.29 is 18.3 Å². The lowest BCUT2D eigenvalue weighted by Gasteiger charge is -2.26. The molecule has 0 aromatic carbocycles. The van der Waals surface area contributed by atoms with Gasteiger partial charge in [0.1, 0.15) is 5.60 Å². The van der Waals surface area contributed by atoms with E-state index in [1.54, 1.807) is 0 Å². The molecule has 1 aromatic heterocycles. The topological polar surface area (TPSA) is 33.1 Å². The summed E-state index contributed by atoms with van der Waals surface area (Å²) in [6.45, 7) is 5.92. The van der Waals surface area contributed by atoms with Gasteiger partial charge in [-0.25, -0.2) is 4.98 Å². The maximum absolute atomic E-state index is 12.5. The van der Waals surface area contributed by atoms with E-state index < -0.39 is 16.8 Å². The molecule has 0 saturated heterocycles. The van der Waals surface area contributed by atoms with Gasteiger partial charge in [-0.3, -0.25) is 0 Å². The Bertz CT molecular complexity index is 454. The molecule has 0 amide bonds. The minimum Gasteiger partial charge on any atom is -0.384 e. The first-order valence-corrected chi connectivity index (χ1v) is 6.62. The molecule has 1 aliphatic carbocycles. The number of hydrogen-bond donors (Lipinski definition) is 1. The number of aromatic nitrogens is 1. The summed E-state index contributed by atoms with van der Waals surface area (Å²) in [4.78, 5) is 3.72. The predicted molar refractivity (Wildman–Crippen MR) is 63.2 cm³/mol. The van der Waals surface area contributed by atoms with Crippen LogP contribution < -0.4 is 0 Å². The van der Waals surface area contributed by atoms with E-state index in [4.69, 9.17) is 0 Å². The van der Waals surface area contributed by atoms with Gasteiger partial charge in [-0.2, -0.15) is 13.2 Å². The number of aliphatic hydroxyl groups is 1. The van der Waals surface area contributed by atoms with Gasteiger partial charge in [0.05, 0.1) is 4.88 Å². The molecule has 1 saturated carbocycles. The van der Waals surface area contributed by atoms with Crippen LogP contribution in [0.15, 0.2) is 6.20 Å². The van der Waals surface area contributed by atoms with Gasteiger partial charge in [0.15, 0.2) is 5.01 Å². The standard InChI is InChI=1S/C12H16F3NOS/c1-7-4-10(2,3)6-11(7,17)8-5-16-9(18-8)12(13,14)15/h5,7,17H,4,6H2,1-3H3. The lowest BCUT2D eigenvalue weighted by atomic mass is 9.88. The van der Waals surface area contributed by atoms with Crippen LogP contribution in [-0.4, -0.2) is 10.1 Å². The molecule has 102 valence electrons. The molecule has 18 heavy (non-hydrogen) atoms. The summed E-state index contributed by atoms with van der Waals surface area (Å²) in [6, 6.07) is 0. The average molecular weight is 279 g/mol. The van der Waals surface area contributed by atoms with Crippen LogP contribution >= 0.6 is 11.3 Å². The third kappa shape index (κ3) is 2.28. The summed E-state index contributed by atoms with van der Waals surface area (Å²) in [6.07, 6.45) is -1.99. The first-order chi connectivity index (χ1) is 8.05. The van der Waals surface area contributed by atoms with Crippen molar-refractivity contribution in [1.29, 1.82) is 0 Å². The Hall–Kier alpha value is -0.620. The Morgan fingerprint density at radius 3 is 2.44 bits per heavy atom. The largest absolute Gasteiger partial charge is 0.443 e. The minimum atomic E-state index is -4.43. The number of alkyl halides is 3. The van der Waals surface area contributed by atoms with Crippen LogP contribution in [0.25, 0.3) is 0 Å². The molecule has 1 heterocycles. The normalized spacial score (nSPS) is 31.8. The second-order valence-corrected chi connectivity index (χ2v) is 6.93. The second kappa shape index (κ2) is 3.93. The Morgan fingerprint density at radius 2 is 2.06 bits per heavy atom. The van der Waals surface area contributed by atoms with E-state index in [0.717, 1.165) is 6.42 Å². The van der Waals surface area contributed by atoms with E-state index in [1.807, 2.05) is 20.8 Å². The van der Waals surface area contributed by atoms with Crippen LogP contribution in [0.4, 0.5) is 13.2 Å². The van der Waals surface area contributed by atoms with E-state index in [1.165, 1.54) is 6.20 Å². The molecule has 0 spiro atoms. The fourth-order valence-electron chi connectivity index (χ4n) is 2.91. The quantitative estimate of drug-likeness (QED) is 0.848. The van der Waals surface area contributed by atoms with Crippen molar-refractivity contribution in [2.75, 3.05) is 0 Å². The van der Waals surface area contributed by atoms with Crippen LogP contribution in [0.1, 0.15) is 43.5 Å². The Balaban J connectivity index is 2.34. The van der Waals surface area contributed by atoms with Gasteiger partial charge in [-0.15, -0.1) is 11.3 Å². The highest BCUT2D eigenvalue weighted by Gasteiger charge is 2.50. The zero-order valence-electron chi connectivity index (χ0n) is 10.5. The molecule has 2 atom stereocenters. The number of thiazole rings is 1. The highest BCUT2D eigenvalue weighted by molar-refractivity contribution is 7.11. The number of rotatable bonds is 1. The number of hydrogen-bond acceptors (Lipinski definition) is 3. The molecule has 1 fully saturated rings. The van der Waals surface area contributed by atoms with Gasteiger partial charge in [-0.1, -0.05) is 20.8 Å². The van der Waals surface area contributed by atoms with Gasteiger partial charge < -0.3 is 5.11 Å². The van der Waals surface area contributed by atoms with Crippen LogP contribution in [0, 0.1) is 11.3 Å². The monoisotopic (exact) mass is 279 g/mol. The summed E-state index contributed by atoms with van der Waals surface area (Å²) >= 11 is 0.554. The molecule has 1 aromatic rings.